The van der Waals surface area contributed by atoms with E-state index in [2.05, 4.69) is 5.10 Å². The zero-order valence-corrected chi connectivity index (χ0v) is 16.3. The number of aromatic nitrogens is 2. The summed E-state index contributed by atoms with van der Waals surface area (Å²) in [5.41, 5.74) is 0.241. The van der Waals surface area contributed by atoms with E-state index in [4.69, 9.17) is 9.47 Å². The molecule has 1 spiro atoms. The number of rotatable bonds is 4. The summed E-state index contributed by atoms with van der Waals surface area (Å²) in [7, 11) is 0. The molecule has 1 aromatic heterocycles. The van der Waals surface area contributed by atoms with Gasteiger partial charge in [-0.3, -0.25) is 9.48 Å². The fraction of sp³-hybridized carbons (Fsp3) is 0.524. The Morgan fingerprint density at radius 2 is 2.11 bits per heavy atom. The van der Waals surface area contributed by atoms with Gasteiger partial charge in [0.1, 0.15) is 23.4 Å². The summed E-state index contributed by atoms with van der Waals surface area (Å²) in [5.74, 6) is 0.349. The molecule has 0 saturated carbocycles. The Kier molecular flexibility index (Phi) is 5.10. The summed E-state index contributed by atoms with van der Waals surface area (Å²) in [6, 6.07) is 7.94. The molecular formula is C21H26FN3O3. The van der Waals surface area contributed by atoms with Crippen molar-refractivity contribution in [2.24, 2.45) is 0 Å². The second kappa shape index (κ2) is 7.54. The second-order valence-corrected chi connectivity index (χ2v) is 7.98. The van der Waals surface area contributed by atoms with Gasteiger partial charge in [0.05, 0.1) is 18.8 Å². The molecule has 1 aromatic carbocycles. The Morgan fingerprint density at radius 1 is 1.32 bits per heavy atom. The maximum absolute atomic E-state index is 13.1. The highest BCUT2D eigenvalue weighted by molar-refractivity contribution is 5.92. The number of halogens is 1. The molecule has 150 valence electrons. The fourth-order valence-electron chi connectivity index (χ4n) is 4.20. The SMILES string of the molecule is CC(C)n1nccc1C(=O)N1CCC[C@]2(C[C@@H](Oc3ccc(F)cc3)CO2)C1. The van der Waals surface area contributed by atoms with Crippen LogP contribution in [0.1, 0.15) is 49.6 Å². The number of hydrogen-bond donors (Lipinski definition) is 0. The number of hydrogen-bond acceptors (Lipinski definition) is 4. The lowest BCUT2D eigenvalue weighted by Crippen LogP contribution is -2.50. The number of ether oxygens (including phenoxy) is 2. The van der Waals surface area contributed by atoms with Gasteiger partial charge in [-0.1, -0.05) is 0 Å². The summed E-state index contributed by atoms with van der Waals surface area (Å²) in [6.07, 6.45) is 4.10. The van der Waals surface area contributed by atoms with Crippen LogP contribution in [0, 0.1) is 5.82 Å². The van der Waals surface area contributed by atoms with Gasteiger partial charge in [-0.15, -0.1) is 0 Å². The van der Waals surface area contributed by atoms with Gasteiger partial charge in [0, 0.05) is 25.2 Å². The van der Waals surface area contributed by atoms with Gasteiger partial charge in [0.15, 0.2) is 0 Å². The number of carbonyl (C=O) groups excluding carboxylic acids is 1. The highest BCUT2D eigenvalue weighted by atomic mass is 19.1. The van der Waals surface area contributed by atoms with Crippen LogP contribution in [-0.2, 0) is 4.74 Å². The molecule has 2 fully saturated rings. The molecule has 28 heavy (non-hydrogen) atoms. The maximum Gasteiger partial charge on any atom is 0.272 e. The molecule has 0 radical (unpaired) electrons. The molecule has 2 atom stereocenters. The Labute approximate surface area is 164 Å². The summed E-state index contributed by atoms with van der Waals surface area (Å²) in [4.78, 5) is 14.9. The fourth-order valence-corrected chi connectivity index (χ4v) is 4.20. The van der Waals surface area contributed by atoms with Crippen LogP contribution in [0.3, 0.4) is 0 Å². The van der Waals surface area contributed by atoms with E-state index in [1.165, 1.54) is 12.1 Å². The van der Waals surface area contributed by atoms with E-state index in [1.807, 2.05) is 18.7 Å². The zero-order chi connectivity index (χ0) is 19.7. The molecule has 4 rings (SSSR count). The highest BCUT2D eigenvalue weighted by Crippen LogP contribution is 2.36. The molecule has 0 unspecified atom stereocenters. The third kappa shape index (κ3) is 3.76. The molecule has 2 saturated heterocycles. The molecule has 2 aliphatic rings. The van der Waals surface area contributed by atoms with Gasteiger partial charge >= 0.3 is 0 Å². The van der Waals surface area contributed by atoms with Crippen LogP contribution in [0.4, 0.5) is 4.39 Å². The van der Waals surface area contributed by atoms with E-state index < -0.39 is 0 Å². The quantitative estimate of drug-likeness (QED) is 0.806. The van der Waals surface area contributed by atoms with E-state index in [9.17, 15) is 9.18 Å². The highest BCUT2D eigenvalue weighted by Gasteiger charge is 2.45. The van der Waals surface area contributed by atoms with Gasteiger partial charge in [-0.05, 0) is 57.0 Å². The number of likely N-dealkylation sites (tertiary alicyclic amines) is 1. The normalized spacial score (nSPS) is 24.9. The first-order valence-electron chi connectivity index (χ1n) is 9.85. The van der Waals surface area contributed by atoms with Gasteiger partial charge in [0.2, 0.25) is 0 Å². The summed E-state index contributed by atoms with van der Waals surface area (Å²) >= 11 is 0. The standard InChI is InChI=1S/C21H26FN3O3/c1-15(2)25-19(8-10-23-25)20(26)24-11-3-9-21(14-24)12-18(13-27-21)28-17-6-4-16(22)5-7-17/h4-8,10,15,18H,3,9,11-14H2,1-2H3/t18-,21+/m1/s1. The molecule has 7 heteroatoms. The van der Waals surface area contributed by atoms with Gasteiger partial charge in [-0.25, -0.2) is 4.39 Å². The first-order chi connectivity index (χ1) is 13.5. The van der Waals surface area contributed by atoms with Crippen molar-refractivity contribution in [2.45, 2.75) is 50.9 Å². The van der Waals surface area contributed by atoms with E-state index in [0.717, 1.165) is 25.8 Å². The Bertz CT molecular complexity index is 836. The topological polar surface area (TPSA) is 56.6 Å². The minimum atomic E-state index is -0.374. The lowest BCUT2D eigenvalue weighted by atomic mass is 9.89. The number of carbonyl (C=O) groups is 1. The Morgan fingerprint density at radius 3 is 2.86 bits per heavy atom. The van der Waals surface area contributed by atoms with Crippen LogP contribution in [0.5, 0.6) is 5.75 Å². The largest absolute Gasteiger partial charge is 0.488 e. The molecule has 2 aromatic rings. The van der Waals surface area contributed by atoms with Crippen molar-refractivity contribution in [2.75, 3.05) is 19.7 Å². The van der Waals surface area contributed by atoms with Crippen LogP contribution in [-0.4, -0.2) is 52.0 Å². The molecule has 0 bridgehead atoms. The summed E-state index contributed by atoms with van der Waals surface area (Å²) < 4.78 is 27.0. The van der Waals surface area contributed by atoms with Crippen LogP contribution >= 0.6 is 0 Å². The van der Waals surface area contributed by atoms with Crippen molar-refractivity contribution in [3.8, 4) is 5.75 Å². The van der Waals surface area contributed by atoms with Crippen LogP contribution in [0.15, 0.2) is 36.5 Å². The van der Waals surface area contributed by atoms with E-state index >= 15 is 0 Å². The predicted molar refractivity (Wildman–Crippen MR) is 102 cm³/mol. The van der Waals surface area contributed by atoms with Crippen LogP contribution in [0.25, 0.3) is 0 Å². The second-order valence-electron chi connectivity index (χ2n) is 7.98. The van der Waals surface area contributed by atoms with Crippen LogP contribution < -0.4 is 4.74 Å². The average Bonchev–Trinajstić information content (AvgIpc) is 3.31. The van der Waals surface area contributed by atoms with Crippen molar-refractivity contribution in [3.05, 3.63) is 48.0 Å². The van der Waals surface area contributed by atoms with Gasteiger partial charge < -0.3 is 14.4 Å². The van der Waals surface area contributed by atoms with Crippen molar-refractivity contribution in [3.63, 3.8) is 0 Å². The minimum absolute atomic E-state index is 0.00298. The minimum Gasteiger partial charge on any atom is -0.488 e. The first-order valence-corrected chi connectivity index (χ1v) is 9.85. The lowest BCUT2D eigenvalue weighted by molar-refractivity contribution is -0.0455. The molecular weight excluding hydrogens is 361 g/mol. The Balaban J connectivity index is 1.42. The van der Waals surface area contributed by atoms with E-state index in [0.29, 0.717) is 24.6 Å². The average molecular weight is 387 g/mol. The van der Waals surface area contributed by atoms with Crippen molar-refractivity contribution in [1.82, 2.24) is 14.7 Å². The van der Waals surface area contributed by atoms with Crippen molar-refractivity contribution < 1.29 is 18.7 Å². The van der Waals surface area contributed by atoms with E-state index in [-0.39, 0.29) is 29.5 Å². The molecule has 0 N–H and O–H groups in total. The molecule has 6 nitrogen and oxygen atoms in total. The van der Waals surface area contributed by atoms with E-state index in [1.54, 1.807) is 29.1 Å². The molecule has 3 heterocycles. The molecule has 2 aliphatic heterocycles. The summed E-state index contributed by atoms with van der Waals surface area (Å²) in [5, 5.41) is 4.28. The monoisotopic (exact) mass is 387 g/mol. The molecule has 1 amide bonds. The maximum atomic E-state index is 13.1. The molecule has 0 aliphatic carbocycles. The Hall–Kier alpha value is -2.41. The number of piperidine rings is 1. The number of nitrogens with zero attached hydrogens (tertiary/aromatic N) is 3. The third-order valence-corrected chi connectivity index (χ3v) is 5.50. The predicted octanol–water partition coefficient (Wildman–Crippen LogP) is 3.45. The summed E-state index contributed by atoms with van der Waals surface area (Å²) in [6.45, 7) is 5.77. The zero-order valence-electron chi connectivity index (χ0n) is 16.3. The number of amides is 1. The number of benzene rings is 1. The van der Waals surface area contributed by atoms with Gasteiger partial charge in [-0.2, -0.15) is 5.10 Å². The first kappa shape index (κ1) is 18.9. The van der Waals surface area contributed by atoms with Crippen molar-refractivity contribution >= 4 is 5.91 Å². The smallest absolute Gasteiger partial charge is 0.272 e. The lowest BCUT2D eigenvalue weighted by Gasteiger charge is -2.39. The third-order valence-electron chi connectivity index (χ3n) is 5.50. The van der Waals surface area contributed by atoms with Gasteiger partial charge in [0.25, 0.3) is 5.91 Å². The van der Waals surface area contributed by atoms with Crippen molar-refractivity contribution in [1.29, 1.82) is 0 Å². The van der Waals surface area contributed by atoms with Crippen LogP contribution in [0.2, 0.25) is 0 Å².